The van der Waals surface area contributed by atoms with Gasteiger partial charge in [0, 0.05) is 33.6 Å². The number of carbonyl (C=O) groups excluding carboxylic acids is 1. The molecule has 1 unspecified atom stereocenters. The van der Waals surface area contributed by atoms with Crippen molar-refractivity contribution in [3.8, 4) is 11.6 Å². The van der Waals surface area contributed by atoms with E-state index < -0.39 is 23.2 Å². The maximum Gasteiger partial charge on any atom is 0.331 e. The van der Waals surface area contributed by atoms with E-state index in [0.29, 0.717) is 18.8 Å². The molecule has 1 aliphatic rings. The SMILES string of the molecule is COCCCn1c(O)c(C2=NN(C(C)=O)C(c3ccc(OC)cc3)C2)c(=O)[nH]c1=O. The van der Waals surface area contributed by atoms with Crippen LogP contribution < -0.4 is 16.0 Å². The summed E-state index contributed by atoms with van der Waals surface area (Å²) in [5.41, 5.74) is -0.558. The number of aromatic nitrogens is 2. The van der Waals surface area contributed by atoms with Crippen LogP contribution in [0.1, 0.15) is 36.9 Å². The predicted octanol–water partition coefficient (Wildman–Crippen LogP) is 0.985. The highest BCUT2D eigenvalue weighted by atomic mass is 16.5. The quantitative estimate of drug-likeness (QED) is 0.648. The minimum atomic E-state index is -0.752. The van der Waals surface area contributed by atoms with E-state index in [-0.39, 0.29) is 30.1 Å². The Hall–Kier alpha value is -3.40. The first kappa shape index (κ1) is 21.3. The highest BCUT2D eigenvalue weighted by Gasteiger charge is 2.34. The summed E-state index contributed by atoms with van der Waals surface area (Å²) in [5, 5.41) is 16.2. The van der Waals surface area contributed by atoms with Crippen molar-refractivity contribution in [1.29, 1.82) is 0 Å². The van der Waals surface area contributed by atoms with Gasteiger partial charge in [-0.25, -0.2) is 9.80 Å². The van der Waals surface area contributed by atoms with Crippen molar-refractivity contribution in [1.82, 2.24) is 14.6 Å². The van der Waals surface area contributed by atoms with Crippen LogP contribution in [0.25, 0.3) is 0 Å². The molecule has 2 N–H and O–H groups in total. The topological polar surface area (TPSA) is 126 Å². The number of nitrogens with zero attached hydrogens (tertiary/aromatic N) is 3. The molecule has 0 fully saturated rings. The third-order valence-corrected chi connectivity index (χ3v) is 4.92. The maximum absolute atomic E-state index is 12.5. The Morgan fingerprint density at radius 3 is 2.57 bits per heavy atom. The van der Waals surface area contributed by atoms with E-state index >= 15 is 0 Å². The maximum atomic E-state index is 12.5. The van der Waals surface area contributed by atoms with E-state index in [1.165, 1.54) is 19.0 Å². The molecule has 1 aromatic heterocycles. The molecule has 30 heavy (non-hydrogen) atoms. The lowest BCUT2D eigenvalue weighted by Gasteiger charge is -2.20. The fraction of sp³-hybridized carbons (Fsp3) is 0.400. The number of aromatic amines is 1. The Kier molecular flexibility index (Phi) is 6.36. The molecule has 0 bridgehead atoms. The minimum Gasteiger partial charge on any atom is -0.497 e. The van der Waals surface area contributed by atoms with Crippen molar-refractivity contribution >= 4 is 11.6 Å². The van der Waals surface area contributed by atoms with Gasteiger partial charge in [-0.05, 0) is 24.1 Å². The second-order valence-electron chi connectivity index (χ2n) is 6.86. The zero-order chi connectivity index (χ0) is 21.8. The molecule has 2 aromatic rings. The molecule has 10 heteroatoms. The van der Waals surface area contributed by atoms with Gasteiger partial charge in [0.1, 0.15) is 11.3 Å². The van der Waals surface area contributed by atoms with Crippen molar-refractivity contribution in [2.75, 3.05) is 20.8 Å². The van der Waals surface area contributed by atoms with E-state index in [9.17, 15) is 19.5 Å². The summed E-state index contributed by atoms with van der Waals surface area (Å²) in [7, 11) is 3.09. The third kappa shape index (κ3) is 4.13. The highest BCUT2D eigenvalue weighted by Crippen LogP contribution is 2.34. The largest absolute Gasteiger partial charge is 0.497 e. The number of benzene rings is 1. The average Bonchev–Trinajstić information content (AvgIpc) is 3.15. The minimum absolute atomic E-state index is 0.116. The predicted molar refractivity (Wildman–Crippen MR) is 109 cm³/mol. The molecule has 1 amide bonds. The van der Waals surface area contributed by atoms with Gasteiger partial charge in [0.15, 0.2) is 0 Å². The number of methoxy groups -OCH3 is 2. The summed E-state index contributed by atoms with van der Waals surface area (Å²) in [6.45, 7) is 1.92. The van der Waals surface area contributed by atoms with E-state index in [1.54, 1.807) is 19.2 Å². The monoisotopic (exact) mass is 416 g/mol. The van der Waals surface area contributed by atoms with Gasteiger partial charge in [-0.2, -0.15) is 5.10 Å². The fourth-order valence-electron chi connectivity index (χ4n) is 3.43. The Balaban J connectivity index is 2.00. The second kappa shape index (κ2) is 8.95. The van der Waals surface area contributed by atoms with Gasteiger partial charge >= 0.3 is 5.69 Å². The van der Waals surface area contributed by atoms with Gasteiger partial charge in [-0.3, -0.25) is 19.1 Å². The van der Waals surface area contributed by atoms with Crippen LogP contribution in [-0.2, 0) is 16.1 Å². The first-order valence-electron chi connectivity index (χ1n) is 9.44. The summed E-state index contributed by atoms with van der Waals surface area (Å²) in [6.07, 6.45) is 0.675. The van der Waals surface area contributed by atoms with Crippen LogP contribution >= 0.6 is 0 Å². The van der Waals surface area contributed by atoms with Gasteiger partial charge in [0.05, 0.1) is 18.9 Å². The second-order valence-corrected chi connectivity index (χ2v) is 6.86. The molecule has 0 radical (unpaired) electrons. The van der Waals surface area contributed by atoms with Crippen molar-refractivity contribution in [2.45, 2.75) is 32.4 Å². The molecule has 1 aliphatic heterocycles. The number of aromatic hydroxyl groups is 1. The first-order chi connectivity index (χ1) is 14.4. The molecule has 2 heterocycles. The van der Waals surface area contributed by atoms with Gasteiger partial charge in [0.2, 0.25) is 11.8 Å². The number of carbonyl (C=O) groups is 1. The normalized spacial score (nSPS) is 15.9. The van der Waals surface area contributed by atoms with E-state index in [0.717, 1.165) is 10.1 Å². The summed E-state index contributed by atoms with van der Waals surface area (Å²) in [4.78, 5) is 39.0. The van der Waals surface area contributed by atoms with Gasteiger partial charge in [-0.15, -0.1) is 0 Å². The molecule has 0 saturated heterocycles. The molecular formula is C20H24N4O6. The molecule has 0 saturated carbocycles. The zero-order valence-corrected chi connectivity index (χ0v) is 17.0. The van der Waals surface area contributed by atoms with E-state index in [2.05, 4.69) is 10.1 Å². The molecule has 0 spiro atoms. The van der Waals surface area contributed by atoms with E-state index in [4.69, 9.17) is 9.47 Å². The van der Waals surface area contributed by atoms with Gasteiger partial charge < -0.3 is 14.6 Å². The smallest absolute Gasteiger partial charge is 0.331 e. The number of hydrogen-bond acceptors (Lipinski definition) is 7. The molecule has 0 aliphatic carbocycles. The van der Waals surface area contributed by atoms with Crippen LogP contribution in [0.2, 0.25) is 0 Å². The van der Waals surface area contributed by atoms with Crippen LogP contribution in [0, 0.1) is 0 Å². The lowest BCUT2D eigenvalue weighted by molar-refractivity contribution is -0.130. The summed E-state index contributed by atoms with van der Waals surface area (Å²) < 4.78 is 11.2. The van der Waals surface area contributed by atoms with Crippen LogP contribution in [-0.4, -0.2) is 52.1 Å². The Labute approximate surface area is 172 Å². The van der Waals surface area contributed by atoms with Crippen molar-refractivity contribution in [2.24, 2.45) is 5.10 Å². The summed E-state index contributed by atoms with van der Waals surface area (Å²) in [6, 6.07) is 6.72. The van der Waals surface area contributed by atoms with Crippen molar-refractivity contribution in [3.05, 3.63) is 56.2 Å². The number of hydrogen-bond donors (Lipinski definition) is 2. The van der Waals surface area contributed by atoms with Crippen LogP contribution in [0.15, 0.2) is 39.0 Å². The molecule has 10 nitrogen and oxygen atoms in total. The zero-order valence-electron chi connectivity index (χ0n) is 17.0. The Morgan fingerprint density at radius 2 is 1.97 bits per heavy atom. The molecule has 160 valence electrons. The number of amides is 1. The number of rotatable bonds is 7. The third-order valence-electron chi connectivity index (χ3n) is 4.92. The van der Waals surface area contributed by atoms with Crippen LogP contribution in [0.4, 0.5) is 0 Å². The highest BCUT2D eigenvalue weighted by molar-refractivity contribution is 6.04. The molecule has 1 aromatic carbocycles. The Morgan fingerprint density at radius 1 is 1.27 bits per heavy atom. The first-order valence-corrected chi connectivity index (χ1v) is 9.44. The number of H-pyrrole nitrogens is 1. The Bertz CT molecular complexity index is 1070. The lowest BCUT2D eigenvalue weighted by atomic mass is 9.99. The van der Waals surface area contributed by atoms with Gasteiger partial charge in [-0.1, -0.05) is 12.1 Å². The fourth-order valence-corrected chi connectivity index (χ4v) is 3.43. The summed E-state index contributed by atoms with van der Waals surface area (Å²) in [5.74, 6) is -0.114. The number of ether oxygens (including phenoxy) is 2. The molecular weight excluding hydrogens is 392 g/mol. The van der Waals surface area contributed by atoms with Crippen molar-refractivity contribution in [3.63, 3.8) is 0 Å². The number of nitrogens with one attached hydrogen (secondary N) is 1. The lowest BCUT2D eigenvalue weighted by Crippen LogP contribution is -2.34. The van der Waals surface area contributed by atoms with Crippen LogP contribution in [0.5, 0.6) is 11.6 Å². The van der Waals surface area contributed by atoms with Crippen LogP contribution in [0.3, 0.4) is 0 Å². The molecule has 3 rings (SSSR count). The average molecular weight is 416 g/mol. The summed E-state index contributed by atoms with van der Waals surface area (Å²) >= 11 is 0. The molecule has 1 atom stereocenters. The van der Waals surface area contributed by atoms with Gasteiger partial charge in [0.25, 0.3) is 5.56 Å². The number of hydrazone groups is 1. The van der Waals surface area contributed by atoms with Crippen molar-refractivity contribution < 1.29 is 19.4 Å². The van der Waals surface area contributed by atoms with E-state index in [1.807, 2.05) is 12.1 Å². The standard InChI is InChI=1S/C20H24N4O6/c1-12(25)24-16(13-5-7-14(30-3)8-6-13)11-15(22-24)17-18(26)21-20(28)23(19(17)27)9-4-10-29-2/h5-8,16,27H,4,9-11H2,1-3H3,(H,21,26,28).